The van der Waals surface area contributed by atoms with E-state index in [4.69, 9.17) is 0 Å². The van der Waals surface area contributed by atoms with Crippen molar-refractivity contribution in [3.05, 3.63) is 35.6 Å². The maximum Gasteiger partial charge on any atom is 0.153 e. The van der Waals surface area contributed by atoms with Crippen LogP contribution in [-0.2, 0) is 9.84 Å². The molecule has 1 rings (SSSR count). The van der Waals surface area contributed by atoms with Crippen LogP contribution in [0.2, 0.25) is 0 Å². The van der Waals surface area contributed by atoms with Gasteiger partial charge in [0.15, 0.2) is 9.84 Å². The van der Waals surface area contributed by atoms with Crippen molar-refractivity contribution in [2.45, 2.75) is 32.1 Å². The minimum absolute atomic E-state index is 0.0666. The quantitative estimate of drug-likeness (QED) is 0.865. The van der Waals surface area contributed by atoms with Crippen LogP contribution in [0, 0.1) is 5.82 Å². The van der Waals surface area contributed by atoms with Gasteiger partial charge < -0.3 is 5.32 Å². The molecular weight excluding hydrogens is 253 g/mol. The Morgan fingerprint density at radius 3 is 2.50 bits per heavy atom. The molecule has 0 aromatic heterocycles. The Hall–Kier alpha value is -0.940. The second-order valence-electron chi connectivity index (χ2n) is 4.65. The van der Waals surface area contributed by atoms with E-state index in [0.29, 0.717) is 6.54 Å². The minimum Gasteiger partial charge on any atom is -0.309 e. The normalized spacial score (nSPS) is 13.8. The molecule has 0 spiro atoms. The van der Waals surface area contributed by atoms with Gasteiger partial charge in [-0.15, -0.1) is 0 Å². The Kier molecular flexibility index (Phi) is 5.28. The number of nitrogens with one attached hydrogen (secondary N) is 1. The van der Waals surface area contributed by atoms with Crippen LogP contribution in [0.25, 0.3) is 0 Å². The summed E-state index contributed by atoms with van der Waals surface area (Å²) in [5.41, 5.74) is 0.817. The molecule has 3 nitrogen and oxygen atoms in total. The van der Waals surface area contributed by atoms with Gasteiger partial charge in [0.2, 0.25) is 0 Å². The Labute approximate surface area is 108 Å². The molecule has 1 unspecified atom stereocenters. The molecule has 0 radical (unpaired) electrons. The van der Waals surface area contributed by atoms with Gasteiger partial charge in [-0.3, -0.25) is 0 Å². The number of benzene rings is 1. The standard InChI is InChI=1S/C13H20FNO2S/c1-10(2)18(16,17)8-7-15-11(3)12-5-4-6-13(14)9-12/h4-6,9-11,15H,7-8H2,1-3H3. The summed E-state index contributed by atoms with van der Waals surface area (Å²) in [4.78, 5) is 0. The molecule has 0 amide bonds. The van der Waals surface area contributed by atoms with Gasteiger partial charge in [0.05, 0.1) is 11.0 Å². The molecule has 0 saturated carbocycles. The van der Waals surface area contributed by atoms with Crippen molar-refractivity contribution in [3.63, 3.8) is 0 Å². The topological polar surface area (TPSA) is 46.2 Å². The molecule has 0 fully saturated rings. The highest BCUT2D eigenvalue weighted by atomic mass is 32.2. The molecule has 1 N–H and O–H groups in total. The van der Waals surface area contributed by atoms with Gasteiger partial charge in [-0.1, -0.05) is 12.1 Å². The van der Waals surface area contributed by atoms with Crippen LogP contribution < -0.4 is 5.32 Å². The van der Waals surface area contributed by atoms with E-state index in [0.717, 1.165) is 5.56 Å². The van der Waals surface area contributed by atoms with Crippen LogP contribution in [0.4, 0.5) is 4.39 Å². The van der Waals surface area contributed by atoms with Crippen LogP contribution in [0.5, 0.6) is 0 Å². The third-order valence-corrected chi connectivity index (χ3v) is 5.11. The summed E-state index contributed by atoms with van der Waals surface area (Å²) in [5.74, 6) is -0.180. The van der Waals surface area contributed by atoms with Gasteiger partial charge >= 0.3 is 0 Å². The smallest absolute Gasteiger partial charge is 0.153 e. The maximum absolute atomic E-state index is 13.0. The van der Waals surface area contributed by atoms with Crippen molar-refractivity contribution in [1.29, 1.82) is 0 Å². The highest BCUT2D eigenvalue weighted by Crippen LogP contribution is 2.13. The predicted molar refractivity (Wildman–Crippen MR) is 71.7 cm³/mol. The van der Waals surface area contributed by atoms with Gasteiger partial charge in [-0.2, -0.15) is 0 Å². The van der Waals surface area contributed by atoms with Gasteiger partial charge in [0, 0.05) is 12.6 Å². The maximum atomic E-state index is 13.0. The molecule has 18 heavy (non-hydrogen) atoms. The molecule has 0 aliphatic rings. The third-order valence-electron chi connectivity index (χ3n) is 2.90. The molecule has 1 aromatic rings. The number of rotatable bonds is 6. The van der Waals surface area contributed by atoms with E-state index < -0.39 is 9.84 Å². The zero-order valence-corrected chi connectivity index (χ0v) is 11.8. The van der Waals surface area contributed by atoms with E-state index in [1.165, 1.54) is 12.1 Å². The van der Waals surface area contributed by atoms with E-state index in [1.54, 1.807) is 19.9 Å². The minimum atomic E-state index is -3.02. The van der Waals surface area contributed by atoms with E-state index in [1.807, 2.05) is 13.0 Å². The van der Waals surface area contributed by atoms with Crippen molar-refractivity contribution < 1.29 is 12.8 Å². The molecule has 102 valence electrons. The van der Waals surface area contributed by atoms with Gasteiger partial charge in [-0.25, -0.2) is 12.8 Å². The van der Waals surface area contributed by atoms with Crippen LogP contribution in [0.1, 0.15) is 32.4 Å². The number of sulfone groups is 1. The van der Waals surface area contributed by atoms with Gasteiger partial charge in [0.25, 0.3) is 0 Å². The number of halogens is 1. The highest BCUT2D eigenvalue weighted by Gasteiger charge is 2.16. The van der Waals surface area contributed by atoms with Crippen LogP contribution in [0.3, 0.4) is 0 Å². The van der Waals surface area contributed by atoms with E-state index >= 15 is 0 Å². The highest BCUT2D eigenvalue weighted by molar-refractivity contribution is 7.92. The van der Waals surface area contributed by atoms with Crippen molar-refractivity contribution in [1.82, 2.24) is 5.32 Å². The third kappa shape index (κ3) is 4.38. The van der Waals surface area contributed by atoms with Gasteiger partial charge in [-0.05, 0) is 38.5 Å². The first-order chi connectivity index (χ1) is 8.33. The lowest BCUT2D eigenvalue weighted by Crippen LogP contribution is -2.29. The molecule has 0 saturated heterocycles. The Morgan fingerprint density at radius 2 is 1.94 bits per heavy atom. The van der Waals surface area contributed by atoms with Crippen molar-refractivity contribution >= 4 is 9.84 Å². The molecule has 0 aliphatic carbocycles. The summed E-state index contributed by atoms with van der Waals surface area (Å²) in [6.45, 7) is 5.60. The molecule has 0 bridgehead atoms. The first kappa shape index (κ1) is 15.1. The lowest BCUT2D eigenvalue weighted by molar-refractivity contribution is 0.562. The molecular formula is C13H20FNO2S. The fraction of sp³-hybridized carbons (Fsp3) is 0.538. The zero-order valence-electron chi connectivity index (χ0n) is 11.0. The lowest BCUT2D eigenvalue weighted by Gasteiger charge is -2.15. The van der Waals surface area contributed by atoms with E-state index in [-0.39, 0.29) is 22.9 Å². The Morgan fingerprint density at radius 1 is 1.28 bits per heavy atom. The summed E-state index contributed by atoms with van der Waals surface area (Å²) in [5, 5.41) is 2.73. The lowest BCUT2D eigenvalue weighted by atomic mass is 10.1. The van der Waals surface area contributed by atoms with Crippen LogP contribution in [0.15, 0.2) is 24.3 Å². The fourth-order valence-corrected chi connectivity index (χ4v) is 2.42. The summed E-state index contributed by atoms with van der Waals surface area (Å²) < 4.78 is 36.2. The predicted octanol–water partition coefficient (Wildman–Crippen LogP) is 2.30. The van der Waals surface area contributed by atoms with Gasteiger partial charge in [0.1, 0.15) is 5.82 Å². The van der Waals surface area contributed by atoms with Crippen molar-refractivity contribution in [3.8, 4) is 0 Å². The Bertz CT molecular complexity index is 486. The van der Waals surface area contributed by atoms with E-state index in [2.05, 4.69) is 5.32 Å². The molecule has 5 heteroatoms. The molecule has 1 aromatic carbocycles. The first-order valence-corrected chi connectivity index (χ1v) is 7.75. The first-order valence-electron chi connectivity index (χ1n) is 6.03. The second kappa shape index (κ2) is 6.29. The SMILES string of the molecule is CC(NCCS(=O)(=O)C(C)C)c1cccc(F)c1. The number of hydrogen-bond acceptors (Lipinski definition) is 3. The molecule has 0 heterocycles. The average molecular weight is 273 g/mol. The monoisotopic (exact) mass is 273 g/mol. The Balaban J connectivity index is 2.50. The number of hydrogen-bond donors (Lipinski definition) is 1. The van der Waals surface area contributed by atoms with Crippen molar-refractivity contribution in [2.24, 2.45) is 0 Å². The summed E-state index contributed by atoms with van der Waals surface area (Å²) in [7, 11) is -3.02. The average Bonchev–Trinajstić information content (AvgIpc) is 2.28. The second-order valence-corrected chi connectivity index (χ2v) is 7.32. The largest absolute Gasteiger partial charge is 0.309 e. The van der Waals surface area contributed by atoms with E-state index in [9.17, 15) is 12.8 Å². The molecule has 1 atom stereocenters. The fourth-order valence-electron chi connectivity index (χ4n) is 1.55. The summed E-state index contributed by atoms with van der Waals surface area (Å²) in [6.07, 6.45) is 0. The zero-order chi connectivity index (χ0) is 13.8. The van der Waals surface area contributed by atoms with Crippen molar-refractivity contribution in [2.75, 3.05) is 12.3 Å². The summed E-state index contributed by atoms with van der Waals surface area (Å²) >= 11 is 0. The summed E-state index contributed by atoms with van der Waals surface area (Å²) in [6, 6.07) is 6.24. The van der Waals surface area contributed by atoms with Crippen LogP contribution in [-0.4, -0.2) is 26.0 Å². The molecule has 0 aliphatic heterocycles. The van der Waals surface area contributed by atoms with Crippen LogP contribution >= 0.6 is 0 Å².